The molecule has 0 fully saturated rings. The van der Waals surface area contributed by atoms with E-state index in [0.29, 0.717) is 16.5 Å². The van der Waals surface area contributed by atoms with Crippen molar-refractivity contribution >= 4 is 43.2 Å². The van der Waals surface area contributed by atoms with Crippen LogP contribution >= 0.6 is 43.2 Å². The molecule has 0 aliphatic rings. The number of thiophene rings is 1. The fourth-order valence-corrected chi connectivity index (χ4v) is 4.07. The first-order chi connectivity index (χ1) is 9.81. The van der Waals surface area contributed by atoms with Crippen molar-refractivity contribution in [1.29, 1.82) is 0 Å². The van der Waals surface area contributed by atoms with Crippen LogP contribution < -0.4 is 5.32 Å². The Morgan fingerprint density at radius 2 is 1.90 bits per heavy atom. The molecule has 0 aliphatic heterocycles. The lowest BCUT2D eigenvalue weighted by Crippen LogP contribution is -2.20. The highest BCUT2D eigenvalue weighted by Crippen LogP contribution is 2.35. The zero-order valence-corrected chi connectivity index (χ0v) is 15.0. The van der Waals surface area contributed by atoms with Crippen LogP contribution in [-0.4, -0.2) is 7.05 Å². The van der Waals surface area contributed by atoms with E-state index in [0.717, 1.165) is 14.7 Å². The number of benzene rings is 1. The zero-order chi connectivity index (χ0) is 15.6. The highest BCUT2D eigenvalue weighted by Gasteiger charge is 2.31. The number of alkyl halides is 3. The van der Waals surface area contributed by atoms with Crippen LogP contribution in [0.4, 0.5) is 13.2 Å². The summed E-state index contributed by atoms with van der Waals surface area (Å²) in [6.07, 6.45) is -3.70. The van der Waals surface area contributed by atoms with Crippen molar-refractivity contribution in [2.75, 3.05) is 7.05 Å². The van der Waals surface area contributed by atoms with Crippen LogP contribution in [0.15, 0.2) is 38.6 Å². The van der Waals surface area contributed by atoms with Crippen LogP contribution in [0.3, 0.4) is 0 Å². The Bertz CT molecular complexity index is 625. The Morgan fingerprint density at radius 1 is 1.19 bits per heavy atom. The smallest absolute Gasteiger partial charge is 0.313 e. The van der Waals surface area contributed by atoms with Gasteiger partial charge in [-0.2, -0.15) is 13.2 Å². The molecule has 1 N–H and O–H groups in total. The predicted molar refractivity (Wildman–Crippen MR) is 86.7 cm³/mol. The maximum absolute atomic E-state index is 12.9. The molecule has 21 heavy (non-hydrogen) atoms. The van der Waals surface area contributed by atoms with E-state index in [1.54, 1.807) is 18.4 Å². The number of hydrogen-bond acceptors (Lipinski definition) is 2. The molecule has 1 unspecified atom stereocenters. The summed E-state index contributed by atoms with van der Waals surface area (Å²) in [5.74, 6) is 0. The van der Waals surface area contributed by atoms with Gasteiger partial charge < -0.3 is 5.32 Å². The average molecular weight is 443 g/mol. The molecule has 0 saturated carbocycles. The van der Waals surface area contributed by atoms with E-state index < -0.39 is 11.7 Å². The summed E-state index contributed by atoms with van der Waals surface area (Å²) in [6.45, 7) is 0. The van der Waals surface area contributed by atoms with Gasteiger partial charge in [0.2, 0.25) is 0 Å². The Morgan fingerprint density at radius 3 is 2.43 bits per heavy atom. The van der Waals surface area contributed by atoms with Crippen LogP contribution in [0.5, 0.6) is 0 Å². The Labute approximate surface area is 141 Å². The lowest BCUT2D eigenvalue weighted by molar-refractivity contribution is -0.137. The molecule has 0 bridgehead atoms. The van der Waals surface area contributed by atoms with Gasteiger partial charge in [0.05, 0.1) is 9.35 Å². The van der Waals surface area contributed by atoms with Crippen LogP contribution in [0.25, 0.3) is 0 Å². The molecule has 0 spiro atoms. The molecule has 0 saturated heterocycles. The van der Waals surface area contributed by atoms with Crippen molar-refractivity contribution in [3.05, 3.63) is 54.6 Å². The fraction of sp³-hybridized carbons (Fsp3) is 0.286. The van der Waals surface area contributed by atoms with Gasteiger partial charge in [0.1, 0.15) is 0 Å². The van der Waals surface area contributed by atoms with Crippen molar-refractivity contribution in [2.24, 2.45) is 0 Å². The minimum absolute atomic E-state index is 0.188. The Hall–Kier alpha value is -0.370. The summed E-state index contributed by atoms with van der Waals surface area (Å²) >= 11 is 8.32. The first-order valence-electron chi connectivity index (χ1n) is 6.09. The molecule has 0 amide bonds. The SMILES string of the molecule is CNC(Cc1ccc(Br)s1)c1cc(C(F)(F)F)ccc1Br. The molecule has 2 rings (SSSR count). The fourth-order valence-electron chi connectivity index (χ4n) is 2.02. The first-order valence-corrected chi connectivity index (χ1v) is 8.49. The highest BCUT2D eigenvalue weighted by atomic mass is 79.9. The summed E-state index contributed by atoms with van der Waals surface area (Å²) in [7, 11) is 1.75. The highest BCUT2D eigenvalue weighted by molar-refractivity contribution is 9.11. The van der Waals surface area contributed by atoms with Crippen molar-refractivity contribution in [1.82, 2.24) is 5.32 Å². The molecule has 0 radical (unpaired) electrons. The molecule has 1 nitrogen and oxygen atoms in total. The van der Waals surface area contributed by atoms with Crippen molar-refractivity contribution in [2.45, 2.75) is 18.6 Å². The summed E-state index contributed by atoms with van der Waals surface area (Å²) in [5.41, 5.74) is -0.0230. The van der Waals surface area contributed by atoms with Crippen LogP contribution in [0.2, 0.25) is 0 Å². The second-order valence-electron chi connectivity index (χ2n) is 4.49. The van der Waals surface area contributed by atoms with Gasteiger partial charge in [0.25, 0.3) is 0 Å². The number of hydrogen-bond donors (Lipinski definition) is 1. The topological polar surface area (TPSA) is 12.0 Å². The number of halogens is 5. The van der Waals surface area contributed by atoms with Gasteiger partial charge >= 0.3 is 6.18 Å². The second kappa shape index (κ2) is 6.81. The van der Waals surface area contributed by atoms with Crippen molar-refractivity contribution < 1.29 is 13.2 Å². The van der Waals surface area contributed by atoms with Gasteiger partial charge in [-0.1, -0.05) is 15.9 Å². The van der Waals surface area contributed by atoms with E-state index in [9.17, 15) is 13.2 Å². The molecule has 1 atom stereocenters. The maximum atomic E-state index is 12.9. The average Bonchev–Trinajstić information content (AvgIpc) is 2.81. The van der Waals surface area contributed by atoms with Gasteiger partial charge in [-0.25, -0.2) is 0 Å². The van der Waals surface area contributed by atoms with Gasteiger partial charge in [-0.3, -0.25) is 0 Å². The lowest BCUT2D eigenvalue weighted by atomic mass is 10.0. The van der Waals surface area contributed by atoms with E-state index in [1.165, 1.54) is 12.1 Å². The molecular formula is C14H12Br2F3NS. The van der Waals surface area contributed by atoms with E-state index in [2.05, 4.69) is 37.2 Å². The number of likely N-dealkylation sites (N-methyl/N-ethyl adjacent to an activating group) is 1. The number of rotatable bonds is 4. The van der Waals surface area contributed by atoms with E-state index >= 15 is 0 Å². The predicted octanol–water partition coefficient (Wildman–Crippen LogP) is 5.80. The van der Waals surface area contributed by atoms with E-state index in [4.69, 9.17) is 0 Å². The summed E-state index contributed by atoms with van der Waals surface area (Å²) in [5, 5.41) is 3.09. The van der Waals surface area contributed by atoms with Crippen LogP contribution in [-0.2, 0) is 12.6 Å². The summed E-state index contributed by atoms with van der Waals surface area (Å²) < 4.78 is 40.3. The quantitative estimate of drug-likeness (QED) is 0.631. The largest absolute Gasteiger partial charge is 0.416 e. The molecular weight excluding hydrogens is 431 g/mol. The summed E-state index contributed by atoms with van der Waals surface area (Å²) in [4.78, 5) is 1.10. The third-order valence-corrected chi connectivity index (χ3v) is 5.45. The number of nitrogens with one attached hydrogen (secondary N) is 1. The molecule has 7 heteroatoms. The van der Waals surface area contributed by atoms with Gasteiger partial charge in [0, 0.05) is 21.8 Å². The van der Waals surface area contributed by atoms with Gasteiger partial charge in [0.15, 0.2) is 0 Å². The monoisotopic (exact) mass is 441 g/mol. The molecule has 1 aromatic heterocycles. The van der Waals surface area contributed by atoms with Crippen molar-refractivity contribution in [3.63, 3.8) is 0 Å². The van der Waals surface area contributed by atoms with E-state index in [1.807, 2.05) is 12.1 Å². The molecule has 2 aromatic rings. The van der Waals surface area contributed by atoms with E-state index in [-0.39, 0.29) is 6.04 Å². The van der Waals surface area contributed by atoms with Crippen molar-refractivity contribution in [3.8, 4) is 0 Å². The van der Waals surface area contributed by atoms with Crippen LogP contribution in [0.1, 0.15) is 22.0 Å². The maximum Gasteiger partial charge on any atom is 0.416 e. The third kappa shape index (κ3) is 4.31. The van der Waals surface area contributed by atoms with Gasteiger partial charge in [-0.15, -0.1) is 11.3 Å². The molecule has 0 aliphatic carbocycles. The normalized spacial score (nSPS) is 13.4. The second-order valence-corrected chi connectivity index (χ2v) is 7.89. The first kappa shape index (κ1) is 17.0. The minimum atomic E-state index is -4.33. The standard InChI is InChI=1S/C14H12Br2F3NS/c1-20-12(7-9-3-5-13(16)21-9)10-6-8(14(17,18)19)2-4-11(10)15/h2-6,12,20H,7H2,1H3. The molecule has 1 aromatic carbocycles. The molecule has 114 valence electrons. The third-order valence-electron chi connectivity index (χ3n) is 3.08. The zero-order valence-electron chi connectivity index (χ0n) is 11.0. The minimum Gasteiger partial charge on any atom is -0.313 e. The lowest BCUT2D eigenvalue weighted by Gasteiger charge is -2.19. The van der Waals surface area contributed by atoms with Gasteiger partial charge in [-0.05, 0) is 58.9 Å². The molecule has 1 heterocycles. The van der Waals surface area contributed by atoms with Crippen LogP contribution in [0, 0.1) is 0 Å². The Kier molecular flexibility index (Phi) is 5.51. The Balaban J connectivity index is 2.33. The summed E-state index contributed by atoms with van der Waals surface area (Å²) in [6, 6.07) is 7.46.